The fourth-order valence-corrected chi connectivity index (χ4v) is 2.80. The molecule has 0 aromatic heterocycles. The summed E-state index contributed by atoms with van der Waals surface area (Å²) in [6, 6.07) is 6.98. The van der Waals surface area contributed by atoms with Crippen LogP contribution in [0.5, 0.6) is 0 Å². The molecule has 108 valence electrons. The summed E-state index contributed by atoms with van der Waals surface area (Å²) in [5.41, 5.74) is 6.85. The molecule has 0 spiro atoms. The van der Waals surface area contributed by atoms with Crippen molar-refractivity contribution >= 4 is 15.7 Å². The van der Waals surface area contributed by atoms with Crippen LogP contribution in [0.1, 0.15) is 25.3 Å². The summed E-state index contributed by atoms with van der Waals surface area (Å²) in [6.07, 6.45) is 1.64. The fraction of sp³-hybridized carbons (Fsp3) is 0.538. The first-order chi connectivity index (χ1) is 9.05. The number of nitrogens with two attached hydrogens (primary N) is 1. The molecule has 0 bridgehead atoms. The topological polar surface area (TPSA) is 81.4 Å². The Morgan fingerprint density at radius 2 is 2.00 bits per heavy atom. The highest BCUT2D eigenvalue weighted by Gasteiger charge is 2.12. The van der Waals surface area contributed by atoms with Crippen LogP contribution in [0, 0.1) is 0 Å². The lowest BCUT2D eigenvalue weighted by molar-refractivity contribution is 0.133. The first-order valence-corrected chi connectivity index (χ1v) is 8.09. The molecule has 0 saturated carbocycles. The van der Waals surface area contributed by atoms with Crippen LogP contribution in [-0.4, -0.2) is 28.2 Å². The average molecular weight is 286 g/mol. The molecular weight excluding hydrogens is 264 g/mol. The van der Waals surface area contributed by atoms with Crippen molar-refractivity contribution in [2.45, 2.75) is 25.5 Å². The third kappa shape index (κ3) is 6.56. The maximum atomic E-state index is 11.8. The van der Waals surface area contributed by atoms with Gasteiger partial charge in [0.1, 0.15) is 0 Å². The first-order valence-electron chi connectivity index (χ1n) is 6.43. The molecule has 0 aliphatic carbocycles. The number of hydrogen-bond donors (Lipinski definition) is 2. The van der Waals surface area contributed by atoms with Crippen molar-refractivity contribution in [3.05, 3.63) is 29.8 Å². The highest BCUT2D eigenvalue weighted by Crippen LogP contribution is 2.13. The number of benzene rings is 1. The van der Waals surface area contributed by atoms with Crippen molar-refractivity contribution in [2.75, 3.05) is 25.5 Å². The van der Waals surface area contributed by atoms with E-state index in [1.54, 1.807) is 24.3 Å². The second kappa shape index (κ2) is 8.14. The summed E-state index contributed by atoms with van der Waals surface area (Å²) < 4.78 is 31.5. The molecule has 6 heteroatoms. The average Bonchev–Trinajstić information content (AvgIpc) is 2.36. The quantitative estimate of drug-likeness (QED) is 0.532. The lowest BCUT2D eigenvalue weighted by Crippen LogP contribution is -2.27. The SMILES string of the molecule is CCCOCCCNS(=O)(=O)Cc1ccccc1N. The van der Waals surface area contributed by atoms with Gasteiger partial charge in [-0.1, -0.05) is 25.1 Å². The summed E-state index contributed by atoms with van der Waals surface area (Å²) in [5, 5.41) is 0. The molecule has 0 fully saturated rings. The number of sulfonamides is 1. The van der Waals surface area contributed by atoms with E-state index in [4.69, 9.17) is 10.5 Å². The normalized spacial score (nSPS) is 11.6. The predicted octanol–water partition coefficient (Wildman–Crippen LogP) is 1.50. The van der Waals surface area contributed by atoms with Gasteiger partial charge in [0.2, 0.25) is 10.0 Å². The van der Waals surface area contributed by atoms with Gasteiger partial charge in [-0.3, -0.25) is 0 Å². The standard InChI is InChI=1S/C13H22N2O3S/c1-2-9-18-10-5-8-15-19(16,17)11-12-6-3-4-7-13(12)14/h3-4,6-7,15H,2,5,8-11,14H2,1H3. The van der Waals surface area contributed by atoms with Gasteiger partial charge in [0, 0.05) is 25.4 Å². The molecule has 0 unspecified atom stereocenters. The van der Waals surface area contributed by atoms with Gasteiger partial charge in [0.05, 0.1) is 5.75 Å². The highest BCUT2D eigenvalue weighted by atomic mass is 32.2. The van der Waals surface area contributed by atoms with E-state index in [2.05, 4.69) is 4.72 Å². The van der Waals surface area contributed by atoms with Gasteiger partial charge in [-0.25, -0.2) is 13.1 Å². The van der Waals surface area contributed by atoms with Crippen LogP contribution < -0.4 is 10.5 Å². The van der Waals surface area contributed by atoms with Crippen LogP contribution in [0.15, 0.2) is 24.3 Å². The maximum Gasteiger partial charge on any atom is 0.215 e. The largest absolute Gasteiger partial charge is 0.398 e. The molecule has 5 nitrogen and oxygen atoms in total. The zero-order valence-corrected chi connectivity index (χ0v) is 12.1. The lowest BCUT2D eigenvalue weighted by Gasteiger charge is -2.08. The minimum atomic E-state index is -3.34. The number of para-hydroxylation sites is 1. The molecular formula is C13H22N2O3S. The number of nitrogens with one attached hydrogen (secondary N) is 1. The maximum absolute atomic E-state index is 11.8. The van der Waals surface area contributed by atoms with E-state index in [1.165, 1.54) is 0 Å². The van der Waals surface area contributed by atoms with E-state index in [0.29, 0.717) is 37.4 Å². The van der Waals surface area contributed by atoms with Crippen molar-refractivity contribution in [3.63, 3.8) is 0 Å². The van der Waals surface area contributed by atoms with E-state index in [-0.39, 0.29) is 5.75 Å². The van der Waals surface area contributed by atoms with E-state index >= 15 is 0 Å². The number of nitrogen functional groups attached to an aromatic ring is 1. The van der Waals surface area contributed by atoms with Gasteiger partial charge in [0.25, 0.3) is 0 Å². The summed E-state index contributed by atoms with van der Waals surface area (Å²) in [6.45, 7) is 3.71. The molecule has 0 atom stereocenters. The highest BCUT2D eigenvalue weighted by molar-refractivity contribution is 7.88. The smallest absolute Gasteiger partial charge is 0.215 e. The van der Waals surface area contributed by atoms with Gasteiger partial charge in [-0.2, -0.15) is 0 Å². The molecule has 0 radical (unpaired) electrons. The van der Waals surface area contributed by atoms with Crippen LogP contribution >= 0.6 is 0 Å². The number of rotatable bonds is 9. The molecule has 1 rings (SSSR count). The molecule has 0 heterocycles. The molecule has 1 aromatic rings. The van der Waals surface area contributed by atoms with Crippen LogP contribution in [0.2, 0.25) is 0 Å². The fourth-order valence-electron chi connectivity index (χ4n) is 1.57. The van der Waals surface area contributed by atoms with Crippen molar-refractivity contribution in [3.8, 4) is 0 Å². The van der Waals surface area contributed by atoms with E-state index < -0.39 is 10.0 Å². The summed E-state index contributed by atoms with van der Waals surface area (Å²) >= 11 is 0. The Kier molecular flexibility index (Phi) is 6.83. The Morgan fingerprint density at radius 3 is 2.68 bits per heavy atom. The molecule has 1 aromatic carbocycles. The van der Waals surface area contributed by atoms with Crippen LogP contribution in [-0.2, 0) is 20.5 Å². The summed E-state index contributed by atoms with van der Waals surface area (Å²) in [4.78, 5) is 0. The second-order valence-electron chi connectivity index (χ2n) is 4.32. The van der Waals surface area contributed by atoms with Crippen molar-refractivity contribution in [2.24, 2.45) is 0 Å². The van der Waals surface area contributed by atoms with Crippen LogP contribution in [0.3, 0.4) is 0 Å². The Labute approximate surface area is 115 Å². The van der Waals surface area contributed by atoms with Crippen LogP contribution in [0.4, 0.5) is 5.69 Å². The van der Waals surface area contributed by atoms with Crippen LogP contribution in [0.25, 0.3) is 0 Å². The number of hydrogen-bond acceptors (Lipinski definition) is 4. The third-order valence-electron chi connectivity index (χ3n) is 2.54. The number of ether oxygens (including phenoxy) is 1. The zero-order chi connectivity index (χ0) is 14.1. The van der Waals surface area contributed by atoms with Gasteiger partial charge >= 0.3 is 0 Å². The Hall–Kier alpha value is -1.11. The van der Waals surface area contributed by atoms with Gasteiger partial charge in [-0.05, 0) is 24.5 Å². The zero-order valence-electron chi connectivity index (χ0n) is 11.3. The van der Waals surface area contributed by atoms with Gasteiger partial charge in [-0.15, -0.1) is 0 Å². The Morgan fingerprint density at radius 1 is 1.26 bits per heavy atom. The third-order valence-corrected chi connectivity index (χ3v) is 3.87. The molecule has 0 saturated heterocycles. The predicted molar refractivity (Wildman–Crippen MR) is 77.2 cm³/mol. The second-order valence-corrected chi connectivity index (χ2v) is 6.13. The van der Waals surface area contributed by atoms with Crippen molar-refractivity contribution in [1.29, 1.82) is 0 Å². The monoisotopic (exact) mass is 286 g/mol. The molecule has 0 aliphatic rings. The van der Waals surface area contributed by atoms with E-state index in [0.717, 1.165) is 6.42 Å². The molecule has 0 amide bonds. The van der Waals surface area contributed by atoms with E-state index in [9.17, 15) is 8.42 Å². The number of anilines is 1. The summed E-state index contributed by atoms with van der Waals surface area (Å²) in [5.74, 6) is -0.0878. The minimum absolute atomic E-state index is 0.0878. The van der Waals surface area contributed by atoms with Gasteiger partial charge < -0.3 is 10.5 Å². The molecule has 19 heavy (non-hydrogen) atoms. The van der Waals surface area contributed by atoms with Crippen molar-refractivity contribution in [1.82, 2.24) is 4.72 Å². The Balaban J connectivity index is 2.34. The Bertz CT molecular complexity index is 475. The van der Waals surface area contributed by atoms with Crippen molar-refractivity contribution < 1.29 is 13.2 Å². The molecule has 0 aliphatic heterocycles. The van der Waals surface area contributed by atoms with Gasteiger partial charge in [0.15, 0.2) is 0 Å². The first kappa shape index (κ1) is 15.9. The molecule has 3 N–H and O–H groups in total. The van der Waals surface area contributed by atoms with E-state index in [1.807, 2.05) is 6.92 Å². The lowest BCUT2D eigenvalue weighted by atomic mass is 10.2. The minimum Gasteiger partial charge on any atom is -0.398 e. The summed E-state index contributed by atoms with van der Waals surface area (Å²) in [7, 11) is -3.34.